The van der Waals surface area contributed by atoms with Gasteiger partial charge in [-0.05, 0) is 50.3 Å². The van der Waals surface area contributed by atoms with E-state index in [1.54, 1.807) is 0 Å². The van der Waals surface area contributed by atoms with E-state index >= 15 is 0 Å². The quantitative estimate of drug-likeness (QED) is 0.800. The monoisotopic (exact) mass is 255 g/mol. The van der Waals surface area contributed by atoms with Gasteiger partial charge in [-0.3, -0.25) is 0 Å². The van der Waals surface area contributed by atoms with Crippen molar-refractivity contribution in [2.45, 2.75) is 38.0 Å². The van der Waals surface area contributed by atoms with Crippen LogP contribution in [0.4, 0.5) is 4.39 Å². The summed E-state index contributed by atoms with van der Waals surface area (Å²) in [7, 11) is 0. The first kappa shape index (κ1) is 14.5. The third-order valence-electron chi connectivity index (χ3n) is 2.90. The van der Waals surface area contributed by atoms with Crippen LogP contribution in [-0.2, 0) is 6.42 Å². The van der Waals surface area contributed by atoms with Crippen molar-refractivity contribution in [2.24, 2.45) is 0 Å². The lowest BCUT2D eigenvalue weighted by Gasteiger charge is -2.15. The molecule has 0 heterocycles. The van der Waals surface area contributed by atoms with Crippen LogP contribution in [0.25, 0.3) is 0 Å². The highest BCUT2D eigenvalue weighted by atomic mass is 32.2. The van der Waals surface area contributed by atoms with Gasteiger partial charge in [-0.2, -0.15) is 11.8 Å². The molecule has 1 nitrogen and oxygen atoms in total. The second-order valence-electron chi connectivity index (χ2n) is 4.52. The minimum absolute atomic E-state index is 0.164. The Morgan fingerprint density at radius 2 is 1.88 bits per heavy atom. The van der Waals surface area contributed by atoms with Gasteiger partial charge in [0.15, 0.2) is 0 Å². The average Bonchev–Trinajstić information content (AvgIpc) is 2.32. The van der Waals surface area contributed by atoms with E-state index in [1.165, 1.54) is 24.1 Å². The molecule has 0 aromatic heterocycles. The van der Waals surface area contributed by atoms with Gasteiger partial charge in [0.25, 0.3) is 0 Å². The Bertz CT molecular complexity index is 313. The summed E-state index contributed by atoms with van der Waals surface area (Å²) in [5.74, 6) is -0.164. The van der Waals surface area contributed by atoms with Crippen molar-refractivity contribution in [1.29, 1.82) is 0 Å². The standard InChI is InChI=1S/C14H22FNS/c1-11(16-9-8-12(2)17-3)10-13-4-6-14(15)7-5-13/h4-7,11-12,16H,8-10H2,1-3H3. The first-order valence-electron chi connectivity index (χ1n) is 6.12. The lowest BCUT2D eigenvalue weighted by molar-refractivity contribution is 0.533. The van der Waals surface area contributed by atoms with Crippen molar-refractivity contribution in [3.63, 3.8) is 0 Å². The number of benzene rings is 1. The van der Waals surface area contributed by atoms with Gasteiger partial charge in [0, 0.05) is 11.3 Å². The van der Waals surface area contributed by atoms with Crippen molar-refractivity contribution >= 4 is 11.8 Å². The van der Waals surface area contributed by atoms with Crippen molar-refractivity contribution in [2.75, 3.05) is 12.8 Å². The van der Waals surface area contributed by atoms with Crippen LogP contribution >= 0.6 is 11.8 Å². The zero-order chi connectivity index (χ0) is 12.7. The minimum atomic E-state index is -0.164. The van der Waals surface area contributed by atoms with Crippen molar-refractivity contribution in [3.8, 4) is 0 Å². The van der Waals surface area contributed by atoms with Crippen LogP contribution in [0.1, 0.15) is 25.8 Å². The van der Waals surface area contributed by atoms with E-state index in [2.05, 4.69) is 25.4 Å². The molecule has 3 heteroatoms. The number of halogens is 1. The lowest BCUT2D eigenvalue weighted by Crippen LogP contribution is -2.30. The fourth-order valence-corrected chi connectivity index (χ4v) is 2.05. The van der Waals surface area contributed by atoms with Crippen LogP contribution < -0.4 is 5.32 Å². The second kappa shape index (κ2) is 7.72. The van der Waals surface area contributed by atoms with Crippen molar-refractivity contribution < 1.29 is 4.39 Å². The Morgan fingerprint density at radius 3 is 2.47 bits per heavy atom. The summed E-state index contributed by atoms with van der Waals surface area (Å²) in [6.45, 7) is 5.47. The predicted octanol–water partition coefficient (Wildman–Crippen LogP) is 3.49. The van der Waals surface area contributed by atoms with E-state index in [-0.39, 0.29) is 5.82 Å². The number of rotatable bonds is 7. The molecule has 1 rings (SSSR count). The van der Waals surface area contributed by atoms with Gasteiger partial charge < -0.3 is 5.32 Å². The molecule has 2 unspecified atom stereocenters. The zero-order valence-corrected chi connectivity index (χ0v) is 11.7. The fourth-order valence-electron chi connectivity index (χ4n) is 1.70. The molecule has 0 aliphatic carbocycles. The van der Waals surface area contributed by atoms with E-state index in [0.717, 1.165) is 13.0 Å². The topological polar surface area (TPSA) is 12.0 Å². The van der Waals surface area contributed by atoms with Gasteiger partial charge in [-0.15, -0.1) is 0 Å². The molecule has 0 spiro atoms. The van der Waals surface area contributed by atoms with Gasteiger partial charge in [0.05, 0.1) is 0 Å². The summed E-state index contributed by atoms with van der Waals surface area (Å²) in [4.78, 5) is 0. The molecular weight excluding hydrogens is 233 g/mol. The zero-order valence-electron chi connectivity index (χ0n) is 10.9. The molecule has 1 aromatic rings. The normalized spacial score (nSPS) is 14.6. The summed E-state index contributed by atoms with van der Waals surface area (Å²) in [5.41, 5.74) is 1.18. The Labute approximate surface area is 108 Å². The van der Waals surface area contributed by atoms with Crippen molar-refractivity contribution in [1.82, 2.24) is 5.32 Å². The van der Waals surface area contributed by atoms with E-state index < -0.39 is 0 Å². The van der Waals surface area contributed by atoms with Crippen LogP contribution in [-0.4, -0.2) is 24.1 Å². The molecule has 0 amide bonds. The van der Waals surface area contributed by atoms with Crippen molar-refractivity contribution in [3.05, 3.63) is 35.6 Å². The molecule has 0 aliphatic rings. The minimum Gasteiger partial charge on any atom is -0.314 e. The largest absolute Gasteiger partial charge is 0.314 e. The Morgan fingerprint density at radius 1 is 1.24 bits per heavy atom. The predicted molar refractivity (Wildman–Crippen MR) is 75.2 cm³/mol. The molecule has 0 saturated carbocycles. The fraction of sp³-hybridized carbons (Fsp3) is 0.571. The molecule has 0 aliphatic heterocycles. The maximum atomic E-state index is 12.7. The molecule has 96 valence electrons. The third kappa shape index (κ3) is 6.08. The summed E-state index contributed by atoms with van der Waals surface area (Å²) in [6, 6.07) is 7.21. The van der Waals surface area contributed by atoms with Crippen LogP contribution in [0.5, 0.6) is 0 Å². The average molecular weight is 255 g/mol. The highest BCUT2D eigenvalue weighted by Gasteiger charge is 2.04. The van der Waals surface area contributed by atoms with Gasteiger partial charge in [-0.25, -0.2) is 4.39 Å². The van der Waals surface area contributed by atoms with Crippen LogP contribution in [0, 0.1) is 5.82 Å². The van der Waals surface area contributed by atoms with E-state index in [0.29, 0.717) is 11.3 Å². The highest BCUT2D eigenvalue weighted by Crippen LogP contribution is 2.09. The number of thioether (sulfide) groups is 1. The summed E-state index contributed by atoms with van der Waals surface area (Å²) in [6.07, 6.45) is 4.29. The maximum Gasteiger partial charge on any atom is 0.123 e. The summed E-state index contributed by atoms with van der Waals surface area (Å²) in [5, 5.41) is 4.21. The molecule has 0 fully saturated rings. The second-order valence-corrected chi connectivity index (χ2v) is 5.80. The van der Waals surface area contributed by atoms with E-state index in [1.807, 2.05) is 23.9 Å². The van der Waals surface area contributed by atoms with Gasteiger partial charge in [0.2, 0.25) is 0 Å². The maximum absolute atomic E-state index is 12.7. The molecule has 0 bridgehead atoms. The Kier molecular flexibility index (Phi) is 6.60. The van der Waals surface area contributed by atoms with Gasteiger partial charge in [-0.1, -0.05) is 19.1 Å². The molecule has 0 saturated heterocycles. The van der Waals surface area contributed by atoms with E-state index in [9.17, 15) is 4.39 Å². The molecule has 1 aromatic carbocycles. The Balaban J connectivity index is 2.25. The van der Waals surface area contributed by atoms with E-state index in [4.69, 9.17) is 0 Å². The molecule has 2 atom stereocenters. The molecule has 0 radical (unpaired) electrons. The third-order valence-corrected chi connectivity index (χ3v) is 3.94. The number of nitrogens with one attached hydrogen (secondary N) is 1. The number of hydrogen-bond acceptors (Lipinski definition) is 2. The number of hydrogen-bond donors (Lipinski definition) is 1. The lowest BCUT2D eigenvalue weighted by atomic mass is 10.1. The van der Waals surface area contributed by atoms with Crippen LogP contribution in [0.15, 0.2) is 24.3 Å². The SMILES string of the molecule is CSC(C)CCNC(C)Cc1ccc(F)cc1. The molecular formula is C14H22FNS. The summed E-state index contributed by atoms with van der Waals surface area (Å²) < 4.78 is 12.7. The van der Waals surface area contributed by atoms with Crippen LogP contribution in [0.2, 0.25) is 0 Å². The molecule has 17 heavy (non-hydrogen) atoms. The summed E-state index contributed by atoms with van der Waals surface area (Å²) >= 11 is 1.90. The Hall–Kier alpha value is -0.540. The first-order valence-corrected chi connectivity index (χ1v) is 7.41. The van der Waals surface area contributed by atoms with Gasteiger partial charge in [0.1, 0.15) is 5.82 Å². The van der Waals surface area contributed by atoms with Gasteiger partial charge >= 0.3 is 0 Å². The first-order chi connectivity index (χ1) is 8.11. The smallest absolute Gasteiger partial charge is 0.123 e. The van der Waals surface area contributed by atoms with Crippen LogP contribution in [0.3, 0.4) is 0 Å². The highest BCUT2D eigenvalue weighted by molar-refractivity contribution is 7.99. The molecule has 1 N–H and O–H groups in total.